The van der Waals surface area contributed by atoms with Gasteiger partial charge in [0.1, 0.15) is 12.1 Å². The van der Waals surface area contributed by atoms with Crippen molar-refractivity contribution in [3.8, 4) is 17.6 Å². The number of hydrogen-bond donors (Lipinski definition) is 1. The summed E-state index contributed by atoms with van der Waals surface area (Å²) >= 11 is 3.41. The number of carbonyl (C=O) groups excluding carboxylic acids is 2. The van der Waals surface area contributed by atoms with Crippen molar-refractivity contribution in [3.05, 3.63) is 58.1 Å². The van der Waals surface area contributed by atoms with Crippen molar-refractivity contribution < 1.29 is 19.1 Å². The van der Waals surface area contributed by atoms with Crippen molar-refractivity contribution in [2.75, 3.05) is 20.8 Å². The first kappa shape index (κ1) is 22.6. The molecule has 2 amide bonds. The Morgan fingerprint density at radius 2 is 2.00 bits per heavy atom. The first-order valence-corrected chi connectivity index (χ1v) is 10.7. The van der Waals surface area contributed by atoms with E-state index >= 15 is 0 Å². The number of benzene rings is 2. The first-order chi connectivity index (χ1) is 15.0. The fraction of sp³-hybridized carbons (Fsp3) is 0.348. The number of halogens is 1. The monoisotopic (exact) mass is 485 g/mol. The minimum Gasteiger partial charge on any atom is -0.493 e. The van der Waals surface area contributed by atoms with Crippen LogP contribution in [0.5, 0.6) is 11.5 Å². The minimum atomic E-state index is -0.866. The average molecular weight is 486 g/mol. The maximum atomic E-state index is 13.0. The molecule has 1 heterocycles. The van der Waals surface area contributed by atoms with Gasteiger partial charge in [0, 0.05) is 11.0 Å². The van der Waals surface area contributed by atoms with Crippen LogP contribution < -0.4 is 14.8 Å². The van der Waals surface area contributed by atoms with Crippen LogP contribution in [0, 0.1) is 11.3 Å². The number of ether oxygens (including phenoxy) is 2. The zero-order valence-corrected chi connectivity index (χ0v) is 19.0. The third-order valence-electron chi connectivity index (χ3n) is 5.28. The predicted octanol–water partition coefficient (Wildman–Crippen LogP) is 3.38. The number of hydrogen-bond acceptors (Lipinski definition) is 5. The average Bonchev–Trinajstić information content (AvgIpc) is 3.27. The molecule has 2 atom stereocenters. The van der Waals surface area contributed by atoms with Gasteiger partial charge in [-0.2, -0.15) is 5.26 Å². The Bertz CT molecular complexity index is 1000. The third kappa shape index (κ3) is 5.36. The zero-order chi connectivity index (χ0) is 22.4. The third-order valence-corrected chi connectivity index (χ3v) is 5.77. The molecule has 31 heavy (non-hydrogen) atoms. The molecule has 1 N–H and O–H groups in total. The van der Waals surface area contributed by atoms with E-state index in [1.54, 1.807) is 23.1 Å². The second-order valence-electron chi connectivity index (χ2n) is 7.24. The van der Waals surface area contributed by atoms with Crippen molar-refractivity contribution in [2.45, 2.75) is 31.3 Å². The van der Waals surface area contributed by atoms with Gasteiger partial charge in [-0.3, -0.25) is 9.59 Å². The molecule has 1 aliphatic heterocycles. The smallest absolute Gasteiger partial charge is 0.244 e. The van der Waals surface area contributed by atoms with Crippen molar-refractivity contribution in [1.82, 2.24) is 10.2 Å². The van der Waals surface area contributed by atoms with E-state index in [9.17, 15) is 14.9 Å². The molecule has 1 aliphatic rings. The standard InChI is InChI=1S/C23H24BrN3O4/c1-30-20-9-8-16(13-21(20)31-2)18(14-25)26-23(29)19-7-4-10-27(19)22(28)12-15-5-3-6-17(24)11-15/h3,5-6,8-9,11,13,18-19H,4,7,10,12H2,1-2H3,(H,26,29)/t18?,19-/m0/s1. The summed E-state index contributed by atoms with van der Waals surface area (Å²) in [7, 11) is 3.04. The molecule has 0 aliphatic carbocycles. The molecule has 2 aromatic carbocycles. The van der Waals surface area contributed by atoms with Crippen LogP contribution in [0.15, 0.2) is 46.9 Å². The summed E-state index contributed by atoms with van der Waals surface area (Å²) in [6, 6.07) is 13.3. The highest BCUT2D eigenvalue weighted by Gasteiger charge is 2.35. The topological polar surface area (TPSA) is 91.7 Å². The van der Waals surface area contributed by atoms with Gasteiger partial charge in [-0.05, 0) is 48.2 Å². The van der Waals surface area contributed by atoms with Crippen molar-refractivity contribution in [3.63, 3.8) is 0 Å². The molecule has 0 radical (unpaired) electrons. The van der Waals surface area contributed by atoms with E-state index in [-0.39, 0.29) is 18.2 Å². The molecule has 8 heteroatoms. The van der Waals surface area contributed by atoms with Gasteiger partial charge >= 0.3 is 0 Å². The molecular formula is C23H24BrN3O4. The molecule has 162 valence electrons. The summed E-state index contributed by atoms with van der Waals surface area (Å²) < 4.78 is 11.4. The second kappa shape index (κ2) is 10.3. The summed E-state index contributed by atoms with van der Waals surface area (Å²) in [4.78, 5) is 27.4. The molecular weight excluding hydrogens is 462 g/mol. The molecule has 0 saturated carbocycles. The predicted molar refractivity (Wildman–Crippen MR) is 119 cm³/mol. The van der Waals surface area contributed by atoms with Crippen molar-refractivity contribution in [2.24, 2.45) is 0 Å². The van der Waals surface area contributed by atoms with Gasteiger partial charge in [0.05, 0.1) is 26.7 Å². The van der Waals surface area contributed by atoms with E-state index < -0.39 is 12.1 Å². The number of nitrogens with one attached hydrogen (secondary N) is 1. The van der Waals surface area contributed by atoms with Crippen LogP contribution in [0.4, 0.5) is 0 Å². The number of nitrogens with zero attached hydrogens (tertiary/aromatic N) is 2. The Balaban J connectivity index is 1.70. The Hall–Kier alpha value is -3.05. The fourth-order valence-electron chi connectivity index (χ4n) is 3.72. The van der Waals surface area contributed by atoms with E-state index in [0.29, 0.717) is 30.0 Å². The van der Waals surface area contributed by atoms with Crippen molar-refractivity contribution >= 4 is 27.7 Å². The van der Waals surface area contributed by atoms with Crippen LogP contribution >= 0.6 is 15.9 Å². The van der Waals surface area contributed by atoms with Gasteiger partial charge in [-0.25, -0.2) is 0 Å². The van der Waals surface area contributed by atoms with Crippen LogP contribution in [0.2, 0.25) is 0 Å². The normalized spacial score (nSPS) is 16.3. The van der Waals surface area contributed by atoms with Gasteiger partial charge in [0.15, 0.2) is 11.5 Å². The van der Waals surface area contributed by atoms with E-state index in [1.807, 2.05) is 24.3 Å². The van der Waals surface area contributed by atoms with Gasteiger partial charge < -0.3 is 19.7 Å². The van der Waals surface area contributed by atoms with Crippen LogP contribution in [-0.4, -0.2) is 43.5 Å². The number of rotatable bonds is 7. The van der Waals surface area contributed by atoms with Crippen LogP contribution in [-0.2, 0) is 16.0 Å². The molecule has 0 bridgehead atoms. The number of nitriles is 1. The Morgan fingerprint density at radius 3 is 2.68 bits per heavy atom. The highest BCUT2D eigenvalue weighted by atomic mass is 79.9. The van der Waals surface area contributed by atoms with Crippen LogP contribution in [0.3, 0.4) is 0 Å². The van der Waals surface area contributed by atoms with Crippen LogP contribution in [0.1, 0.15) is 30.0 Å². The zero-order valence-electron chi connectivity index (χ0n) is 17.4. The van der Waals surface area contributed by atoms with Crippen molar-refractivity contribution in [1.29, 1.82) is 5.26 Å². The lowest BCUT2D eigenvalue weighted by atomic mass is 10.1. The maximum Gasteiger partial charge on any atom is 0.244 e. The van der Waals surface area contributed by atoms with Gasteiger partial charge in [0.2, 0.25) is 11.8 Å². The first-order valence-electron chi connectivity index (χ1n) is 9.92. The molecule has 1 fully saturated rings. The molecule has 0 aromatic heterocycles. The van der Waals surface area contributed by atoms with E-state index in [4.69, 9.17) is 9.47 Å². The van der Waals surface area contributed by atoms with E-state index in [0.717, 1.165) is 16.5 Å². The lowest BCUT2D eigenvalue weighted by Crippen LogP contribution is -2.47. The SMILES string of the molecule is COc1ccc(C(C#N)NC(=O)[C@@H]2CCCN2C(=O)Cc2cccc(Br)c2)cc1OC. The molecule has 2 aromatic rings. The minimum absolute atomic E-state index is 0.102. The number of methoxy groups -OCH3 is 2. The molecule has 1 unspecified atom stereocenters. The second-order valence-corrected chi connectivity index (χ2v) is 8.15. The van der Waals surface area contributed by atoms with Gasteiger partial charge in [-0.15, -0.1) is 0 Å². The summed E-state index contributed by atoms with van der Waals surface area (Å²) in [6.45, 7) is 0.526. The van der Waals surface area contributed by atoms with E-state index in [2.05, 4.69) is 27.3 Å². The Kier molecular flexibility index (Phi) is 7.53. The maximum absolute atomic E-state index is 13.0. The summed E-state index contributed by atoms with van der Waals surface area (Å²) in [5, 5.41) is 12.4. The lowest BCUT2D eigenvalue weighted by molar-refractivity contribution is -0.138. The molecule has 1 saturated heterocycles. The van der Waals surface area contributed by atoms with E-state index in [1.165, 1.54) is 14.2 Å². The van der Waals surface area contributed by atoms with Gasteiger partial charge in [-0.1, -0.05) is 34.1 Å². The van der Waals surface area contributed by atoms with Crippen LogP contribution in [0.25, 0.3) is 0 Å². The Labute approximate surface area is 190 Å². The molecule has 0 spiro atoms. The number of carbonyl (C=O) groups is 2. The number of amides is 2. The summed E-state index contributed by atoms with van der Waals surface area (Å²) in [6.07, 6.45) is 1.54. The molecule has 7 nitrogen and oxygen atoms in total. The summed E-state index contributed by atoms with van der Waals surface area (Å²) in [5.74, 6) is 0.576. The summed E-state index contributed by atoms with van der Waals surface area (Å²) in [5.41, 5.74) is 1.46. The van der Waals surface area contributed by atoms with Gasteiger partial charge in [0.25, 0.3) is 0 Å². The molecule has 3 rings (SSSR count). The lowest BCUT2D eigenvalue weighted by Gasteiger charge is -2.25. The fourth-order valence-corrected chi connectivity index (χ4v) is 4.17. The Morgan fingerprint density at radius 1 is 1.23 bits per heavy atom. The number of likely N-dealkylation sites (tertiary alicyclic amines) is 1. The largest absolute Gasteiger partial charge is 0.493 e. The quantitative estimate of drug-likeness (QED) is 0.648. The highest BCUT2D eigenvalue weighted by molar-refractivity contribution is 9.10. The highest BCUT2D eigenvalue weighted by Crippen LogP contribution is 2.30.